The number of hydrogen-bond donors (Lipinski definition) is 2. The zero-order chi connectivity index (χ0) is 23.3. The highest BCUT2D eigenvalue weighted by atomic mass is 35.5. The molecule has 2 N–H and O–H groups in total. The number of hydrazone groups is 1. The van der Waals surface area contributed by atoms with Gasteiger partial charge in [-0.2, -0.15) is 5.10 Å². The molecule has 0 spiro atoms. The van der Waals surface area contributed by atoms with E-state index in [1.807, 2.05) is 0 Å². The molecule has 0 radical (unpaired) electrons. The molecule has 3 rings (SSSR count). The van der Waals surface area contributed by atoms with E-state index in [-0.39, 0.29) is 17.2 Å². The van der Waals surface area contributed by atoms with Crippen molar-refractivity contribution >= 4 is 40.5 Å². The number of amides is 2. The van der Waals surface area contributed by atoms with E-state index < -0.39 is 10.8 Å². The number of carbonyl (C=O) groups is 2. The van der Waals surface area contributed by atoms with Crippen LogP contribution in [0.15, 0.2) is 71.8 Å². The van der Waals surface area contributed by atoms with Crippen LogP contribution >= 0.6 is 11.6 Å². The summed E-state index contributed by atoms with van der Waals surface area (Å²) >= 11 is 5.83. The van der Waals surface area contributed by atoms with Crippen molar-refractivity contribution in [1.82, 2.24) is 5.43 Å². The molecule has 0 saturated heterocycles. The number of hydrogen-bond acceptors (Lipinski definition) is 5. The quantitative estimate of drug-likeness (QED) is 0.313. The van der Waals surface area contributed by atoms with Crippen LogP contribution in [-0.2, 0) is 0 Å². The Morgan fingerprint density at radius 2 is 1.50 bits per heavy atom. The number of nitro groups is 1. The Morgan fingerprint density at radius 1 is 0.906 bits per heavy atom. The van der Waals surface area contributed by atoms with Gasteiger partial charge in [0.2, 0.25) is 0 Å². The molecule has 0 saturated carbocycles. The largest absolute Gasteiger partial charge is 0.322 e. The summed E-state index contributed by atoms with van der Waals surface area (Å²) in [5, 5.41) is 18.3. The number of halogens is 1. The molecule has 162 valence electrons. The van der Waals surface area contributed by atoms with Gasteiger partial charge in [0.05, 0.1) is 10.6 Å². The van der Waals surface area contributed by atoms with Crippen LogP contribution in [0.5, 0.6) is 0 Å². The molecular formula is C23H19ClN4O4. The molecule has 3 aromatic carbocycles. The van der Waals surface area contributed by atoms with Gasteiger partial charge >= 0.3 is 0 Å². The van der Waals surface area contributed by atoms with Crippen molar-refractivity contribution in [2.45, 2.75) is 13.8 Å². The third kappa shape index (κ3) is 5.55. The standard InChI is InChI=1S/C23H19ClN4O4/c1-14-13-18(7-12-21(14)28(31)32)23(30)27-26-15(2)16-5-10-20(11-6-16)25-22(29)17-3-8-19(24)9-4-17/h3-13H,1-2H3,(H,25,29)(H,27,30). The molecule has 9 heteroatoms. The maximum Gasteiger partial charge on any atom is 0.272 e. The predicted molar refractivity (Wildman–Crippen MR) is 123 cm³/mol. The van der Waals surface area contributed by atoms with Gasteiger partial charge in [-0.15, -0.1) is 0 Å². The smallest absolute Gasteiger partial charge is 0.272 e. The lowest BCUT2D eigenvalue weighted by Crippen LogP contribution is -2.19. The summed E-state index contributed by atoms with van der Waals surface area (Å²) in [6.45, 7) is 3.29. The summed E-state index contributed by atoms with van der Waals surface area (Å²) in [4.78, 5) is 35.0. The molecule has 3 aromatic rings. The number of aryl methyl sites for hydroxylation is 1. The third-order valence-electron chi connectivity index (χ3n) is 4.65. The number of nitro benzene ring substituents is 1. The third-order valence-corrected chi connectivity index (χ3v) is 4.90. The first-order chi connectivity index (χ1) is 15.2. The second-order valence-corrected chi connectivity index (χ2v) is 7.37. The van der Waals surface area contributed by atoms with Crippen molar-refractivity contribution in [3.63, 3.8) is 0 Å². The summed E-state index contributed by atoms with van der Waals surface area (Å²) in [6, 6.07) is 17.6. The Hall–Kier alpha value is -4.04. The maximum atomic E-state index is 12.3. The molecule has 8 nitrogen and oxygen atoms in total. The van der Waals surface area contributed by atoms with E-state index in [1.54, 1.807) is 62.4 Å². The second kappa shape index (κ2) is 9.84. The number of nitrogens with zero attached hydrogens (tertiary/aromatic N) is 2. The van der Waals surface area contributed by atoms with Crippen molar-refractivity contribution in [2.24, 2.45) is 5.10 Å². The van der Waals surface area contributed by atoms with Crippen LogP contribution in [-0.4, -0.2) is 22.4 Å². The summed E-state index contributed by atoms with van der Waals surface area (Å²) in [5.74, 6) is -0.736. The molecule has 0 aromatic heterocycles. The zero-order valence-electron chi connectivity index (χ0n) is 17.3. The van der Waals surface area contributed by atoms with E-state index >= 15 is 0 Å². The van der Waals surface area contributed by atoms with Crippen LogP contribution in [0.3, 0.4) is 0 Å². The highest BCUT2D eigenvalue weighted by Crippen LogP contribution is 2.19. The predicted octanol–water partition coefficient (Wildman–Crippen LogP) is 4.96. The van der Waals surface area contributed by atoms with Gasteiger partial charge in [-0.3, -0.25) is 19.7 Å². The van der Waals surface area contributed by atoms with Gasteiger partial charge < -0.3 is 5.32 Å². The van der Waals surface area contributed by atoms with Gasteiger partial charge in [-0.1, -0.05) is 23.7 Å². The van der Waals surface area contributed by atoms with E-state index in [0.29, 0.717) is 27.5 Å². The first kappa shape index (κ1) is 22.6. The van der Waals surface area contributed by atoms with Crippen LogP contribution in [0.25, 0.3) is 0 Å². The molecule has 0 unspecified atom stereocenters. The summed E-state index contributed by atoms with van der Waals surface area (Å²) in [5.41, 5.74) is 5.43. The lowest BCUT2D eigenvalue weighted by atomic mass is 10.1. The Balaban J connectivity index is 1.63. The average Bonchev–Trinajstić information content (AvgIpc) is 2.77. The minimum Gasteiger partial charge on any atom is -0.322 e. The van der Waals surface area contributed by atoms with Gasteiger partial charge in [0, 0.05) is 33.5 Å². The summed E-state index contributed by atoms with van der Waals surface area (Å²) < 4.78 is 0. The Kier molecular flexibility index (Phi) is 6.97. The molecule has 0 aliphatic heterocycles. The second-order valence-electron chi connectivity index (χ2n) is 6.93. The average molecular weight is 451 g/mol. The lowest BCUT2D eigenvalue weighted by molar-refractivity contribution is -0.385. The van der Waals surface area contributed by atoms with Crippen LogP contribution in [0.1, 0.15) is 38.8 Å². The number of anilines is 1. The van der Waals surface area contributed by atoms with E-state index in [9.17, 15) is 19.7 Å². The minimum atomic E-state index is -0.499. The number of rotatable bonds is 6. The van der Waals surface area contributed by atoms with E-state index in [0.717, 1.165) is 5.56 Å². The van der Waals surface area contributed by atoms with Gasteiger partial charge in [0.25, 0.3) is 17.5 Å². The fourth-order valence-electron chi connectivity index (χ4n) is 2.86. The van der Waals surface area contributed by atoms with Gasteiger partial charge in [-0.25, -0.2) is 5.43 Å². The summed E-state index contributed by atoms with van der Waals surface area (Å²) in [7, 11) is 0. The Labute approximate surface area is 189 Å². The van der Waals surface area contributed by atoms with Crippen molar-refractivity contribution < 1.29 is 14.5 Å². The van der Waals surface area contributed by atoms with Gasteiger partial charge in [0.1, 0.15) is 0 Å². The van der Waals surface area contributed by atoms with Gasteiger partial charge in [-0.05, 0) is 67.9 Å². The Bertz CT molecular complexity index is 1210. The fourth-order valence-corrected chi connectivity index (χ4v) is 2.99. The number of benzene rings is 3. The maximum absolute atomic E-state index is 12.3. The van der Waals surface area contributed by atoms with Gasteiger partial charge in [0.15, 0.2) is 0 Å². The lowest BCUT2D eigenvalue weighted by Gasteiger charge is -2.07. The molecule has 0 atom stereocenters. The molecule has 0 heterocycles. The number of carbonyl (C=O) groups excluding carboxylic acids is 2. The highest BCUT2D eigenvalue weighted by Gasteiger charge is 2.13. The van der Waals surface area contributed by atoms with E-state index in [1.165, 1.54) is 18.2 Å². The molecule has 32 heavy (non-hydrogen) atoms. The van der Waals surface area contributed by atoms with Crippen LogP contribution in [0.2, 0.25) is 5.02 Å². The highest BCUT2D eigenvalue weighted by molar-refractivity contribution is 6.30. The normalized spacial score (nSPS) is 11.0. The van der Waals surface area contributed by atoms with Crippen molar-refractivity contribution in [3.8, 4) is 0 Å². The topological polar surface area (TPSA) is 114 Å². The Morgan fingerprint density at radius 3 is 2.09 bits per heavy atom. The van der Waals surface area contributed by atoms with Crippen LogP contribution < -0.4 is 10.7 Å². The molecule has 0 fully saturated rings. The van der Waals surface area contributed by atoms with Crippen molar-refractivity contribution in [2.75, 3.05) is 5.32 Å². The first-order valence-corrected chi connectivity index (χ1v) is 9.89. The SMILES string of the molecule is CC(=NNC(=O)c1ccc([N+](=O)[O-])c(C)c1)c1ccc(NC(=O)c2ccc(Cl)cc2)cc1. The molecular weight excluding hydrogens is 432 g/mol. The first-order valence-electron chi connectivity index (χ1n) is 9.51. The monoisotopic (exact) mass is 450 g/mol. The molecule has 2 amide bonds. The van der Waals surface area contributed by atoms with E-state index in [2.05, 4.69) is 15.8 Å². The van der Waals surface area contributed by atoms with E-state index in [4.69, 9.17) is 11.6 Å². The molecule has 0 aliphatic carbocycles. The van der Waals surface area contributed by atoms with Crippen LogP contribution in [0.4, 0.5) is 11.4 Å². The summed E-state index contributed by atoms with van der Waals surface area (Å²) in [6.07, 6.45) is 0. The molecule has 0 aliphatic rings. The van der Waals surface area contributed by atoms with Crippen molar-refractivity contribution in [3.05, 3.63) is 104 Å². The molecule has 0 bridgehead atoms. The minimum absolute atomic E-state index is 0.0514. The van der Waals surface area contributed by atoms with Crippen LogP contribution in [0, 0.1) is 17.0 Å². The van der Waals surface area contributed by atoms with Crippen molar-refractivity contribution in [1.29, 1.82) is 0 Å². The zero-order valence-corrected chi connectivity index (χ0v) is 18.0. The number of nitrogens with one attached hydrogen (secondary N) is 2. The fraction of sp³-hybridized carbons (Fsp3) is 0.0870.